The summed E-state index contributed by atoms with van der Waals surface area (Å²) >= 11 is 0. The number of hydrogen-bond acceptors (Lipinski definition) is 3. The van der Waals surface area contributed by atoms with Gasteiger partial charge in [0.15, 0.2) is 11.6 Å². The van der Waals surface area contributed by atoms with Crippen LogP contribution in [0.3, 0.4) is 0 Å². The number of carbonyl (C=O) groups is 2. The van der Waals surface area contributed by atoms with E-state index in [-0.39, 0.29) is 30.7 Å². The molecule has 30 heavy (non-hydrogen) atoms. The number of hydrogen-bond donors (Lipinski definition) is 1. The molecular weight excluding hydrogens is 392 g/mol. The van der Waals surface area contributed by atoms with Crippen LogP contribution in [0.1, 0.15) is 18.4 Å². The van der Waals surface area contributed by atoms with Crippen LogP contribution in [-0.2, 0) is 4.79 Å². The molecule has 0 aliphatic carbocycles. The smallest absolute Gasteiger partial charge is 0.321 e. The molecule has 3 rings (SSSR count). The first-order chi connectivity index (χ1) is 14.4. The van der Waals surface area contributed by atoms with Crippen LogP contribution in [0, 0.1) is 18.6 Å². The van der Waals surface area contributed by atoms with Gasteiger partial charge in [0.1, 0.15) is 5.82 Å². The first-order valence-electron chi connectivity index (χ1n) is 9.90. The monoisotopic (exact) mass is 417 g/mol. The number of benzene rings is 2. The van der Waals surface area contributed by atoms with Gasteiger partial charge < -0.3 is 19.9 Å². The van der Waals surface area contributed by atoms with Gasteiger partial charge in [0.2, 0.25) is 5.91 Å². The third-order valence-electron chi connectivity index (χ3n) is 4.88. The second-order valence-electron chi connectivity index (χ2n) is 7.19. The van der Waals surface area contributed by atoms with E-state index in [1.54, 1.807) is 9.80 Å². The molecule has 0 aromatic heterocycles. The van der Waals surface area contributed by atoms with Crippen molar-refractivity contribution in [1.82, 2.24) is 9.80 Å². The van der Waals surface area contributed by atoms with Crippen molar-refractivity contribution >= 4 is 17.6 Å². The normalized spacial score (nSPS) is 13.8. The molecular formula is C22H25F2N3O3. The lowest BCUT2D eigenvalue weighted by Gasteiger charge is -2.34. The van der Waals surface area contributed by atoms with Gasteiger partial charge in [-0.3, -0.25) is 4.79 Å². The number of amides is 3. The molecule has 0 atom stereocenters. The molecule has 0 bridgehead atoms. The van der Waals surface area contributed by atoms with Crippen molar-refractivity contribution in [2.24, 2.45) is 0 Å². The molecule has 2 aromatic carbocycles. The number of aryl methyl sites for hydroxylation is 1. The van der Waals surface area contributed by atoms with Gasteiger partial charge in [-0.1, -0.05) is 12.1 Å². The highest BCUT2D eigenvalue weighted by molar-refractivity contribution is 5.89. The molecule has 3 amide bonds. The third-order valence-corrected chi connectivity index (χ3v) is 4.88. The fourth-order valence-electron chi connectivity index (χ4n) is 3.24. The number of nitrogens with one attached hydrogen (secondary N) is 1. The Morgan fingerprint density at radius 1 is 1.03 bits per heavy atom. The van der Waals surface area contributed by atoms with E-state index in [2.05, 4.69) is 5.32 Å². The van der Waals surface area contributed by atoms with Crippen LogP contribution in [0.15, 0.2) is 42.5 Å². The zero-order valence-electron chi connectivity index (χ0n) is 16.9. The summed E-state index contributed by atoms with van der Waals surface area (Å²) in [4.78, 5) is 28.1. The minimum atomic E-state index is -0.763. The third kappa shape index (κ3) is 5.92. The molecule has 160 valence electrons. The lowest BCUT2D eigenvalue weighted by Crippen LogP contribution is -2.51. The molecule has 1 fully saturated rings. The van der Waals surface area contributed by atoms with Gasteiger partial charge in [-0.25, -0.2) is 13.6 Å². The Balaban J connectivity index is 1.37. The number of rotatable bonds is 6. The van der Waals surface area contributed by atoms with Gasteiger partial charge in [0.25, 0.3) is 0 Å². The van der Waals surface area contributed by atoms with Crippen LogP contribution in [0.2, 0.25) is 0 Å². The van der Waals surface area contributed by atoms with Gasteiger partial charge >= 0.3 is 6.03 Å². The number of urea groups is 1. The topological polar surface area (TPSA) is 61.9 Å². The van der Waals surface area contributed by atoms with E-state index < -0.39 is 11.6 Å². The van der Waals surface area contributed by atoms with Gasteiger partial charge in [-0.15, -0.1) is 0 Å². The minimum absolute atomic E-state index is 0.0305. The Kier molecular flexibility index (Phi) is 7.21. The number of carbonyl (C=O) groups excluding carboxylic acids is 2. The van der Waals surface area contributed by atoms with Gasteiger partial charge in [0.05, 0.1) is 6.61 Å². The highest BCUT2D eigenvalue weighted by atomic mass is 19.1. The van der Waals surface area contributed by atoms with Gasteiger partial charge in [-0.05, 0) is 43.2 Å². The number of ether oxygens (including phenoxy) is 1. The molecule has 1 aliphatic heterocycles. The summed E-state index contributed by atoms with van der Waals surface area (Å²) in [5.74, 6) is -1.49. The first kappa shape index (κ1) is 21.5. The minimum Gasteiger partial charge on any atom is -0.491 e. The highest BCUT2D eigenvalue weighted by Gasteiger charge is 2.24. The summed E-state index contributed by atoms with van der Waals surface area (Å²) in [5.41, 5.74) is 1.81. The van der Waals surface area contributed by atoms with E-state index in [9.17, 15) is 18.4 Å². The quantitative estimate of drug-likeness (QED) is 0.727. The largest absolute Gasteiger partial charge is 0.491 e. The Morgan fingerprint density at radius 3 is 2.47 bits per heavy atom. The first-order valence-corrected chi connectivity index (χ1v) is 9.90. The van der Waals surface area contributed by atoms with E-state index in [1.807, 2.05) is 31.2 Å². The van der Waals surface area contributed by atoms with Crippen LogP contribution >= 0.6 is 0 Å². The molecule has 1 saturated heterocycles. The highest BCUT2D eigenvalue weighted by Crippen LogP contribution is 2.18. The molecule has 1 N–H and O–H groups in total. The summed E-state index contributed by atoms with van der Waals surface area (Å²) in [6.45, 7) is 3.97. The summed E-state index contributed by atoms with van der Waals surface area (Å²) in [6.07, 6.45) is 0.683. The van der Waals surface area contributed by atoms with Crippen molar-refractivity contribution in [3.63, 3.8) is 0 Å². The summed E-state index contributed by atoms with van der Waals surface area (Å²) < 4.78 is 31.7. The lowest BCUT2D eigenvalue weighted by molar-refractivity contribution is -0.132. The van der Waals surface area contributed by atoms with E-state index in [0.717, 1.165) is 23.4 Å². The van der Waals surface area contributed by atoms with Crippen molar-refractivity contribution in [1.29, 1.82) is 0 Å². The lowest BCUT2D eigenvalue weighted by atomic mass is 10.2. The second kappa shape index (κ2) is 10.0. The molecule has 1 aliphatic rings. The molecule has 2 aromatic rings. The van der Waals surface area contributed by atoms with Crippen LogP contribution in [0.5, 0.6) is 5.75 Å². The summed E-state index contributed by atoms with van der Waals surface area (Å²) in [5, 5.41) is 2.87. The fourth-order valence-corrected chi connectivity index (χ4v) is 3.24. The molecule has 0 saturated carbocycles. The zero-order chi connectivity index (χ0) is 21.5. The Morgan fingerprint density at radius 2 is 1.77 bits per heavy atom. The van der Waals surface area contributed by atoms with Crippen molar-refractivity contribution in [2.45, 2.75) is 19.8 Å². The van der Waals surface area contributed by atoms with Gasteiger partial charge in [-0.2, -0.15) is 0 Å². The van der Waals surface area contributed by atoms with Crippen LogP contribution in [0.4, 0.5) is 19.3 Å². The molecule has 6 nitrogen and oxygen atoms in total. The number of piperazine rings is 1. The molecule has 0 spiro atoms. The van der Waals surface area contributed by atoms with Crippen molar-refractivity contribution in [2.75, 3.05) is 38.1 Å². The maximum atomic E-state index is 13.5. The zero-order valence-corrected chi connectivity index (χ0v) is 16.9. The summed E-state index contributed by atoms with van der Waals surface area (Å²) in [7, 11) is 0. The average Bonchev–Trinajstić information content (AvgIpc) is 2.72. The average molecular weight is 417 g/mol. The van der Waals surface area contributed by atoms with E-state index in [1.165, 1.54) is 6.07 Å². The SMILES string of the molecule is Cc1cccc(NC(=O)N2CCN(C(=O)CCCOc3ccc(F)cc3F)CC2)c1. The Labute approximate surface area is 174 Å². The molecule has 8 heteroatoms. The molecule has 0 radical (unpaired) electrons. The Bertz CT molecular complexity index is 899. The van der Waals surface area contributed by atoms with Crippen molar-refractivity contribution in [3.05, 3.63) is 59.7 Å². The van der Waals surface area contributed by atoms with Crippen LogP contribution in [0.25, 0.3) is 0 Å². The number of halogens is 2. The second-order valence-corrected chi connectivity index (χ2v) is 7.19. The standard InChI is InChI=1S/C22H25F2N3O3/c1-16-4-2-5-18(14-16)25-22(29)27-11-9-26(10-12-27)21(28)6-3-13-30-20-8-7-17(23)15-19(20)24/h2,4-5,7-8,14-15H,3,6,9-13H2,1H3,(H,25,29). The van der Waals surface area contributed by atoms with E-state index in [0.29, 0.717) is 32.6 Å². The van der Waals surface area contributed by atoms with E-state index >= 15 is 0 Å². The van der Waals surface area contributed by atoms with Crippen molar-refractivity contribution < 1.29 is 23.1 Å². The van der Waals surface area contributed by atoms with Crippen LogP contribution in [-0.4, -0.2) is 54.5 Å². The Hall–Kier alpha value is -3.16. The summed E-state index contributed by atoms with van der Waals surface area (Å²) in [6, 6.07) is 10.5. The maximum Gasteiger partial charge on any atom is 0.321 e. The fraction of sp³-hybridized carbons (Fsp3) is 0.364. The number of nitrogens with zero attached hydrogens (tertiary/aromatic N) is 2. The maximum absolute atomic E-state index is 13.5. The molecule has 0 unspecified atom stereocenters. The van der Waals surface area contributed by atoms with E-state index in [4.69, 9.17) is 4.74 Å². The predicted molar refractivity (Wildman–Crippen MR) is 109 cm³/mol. The molecule has 1 heterocycles. The number of anilines is 1. The predicted octanol–water partition coefficient (Wildman–Crippen LogP) is 3.81. The van der Waals surface area contributed by atoms with Crippen LogP contribution < -0.4 is 10.1 Å². The van der Waals surface area contributed by atoms with Gasteiger partial charge in [0, 0.05) is 44.4 Å². The van der Waals surface area contributed by atoms with Crippen molar-refractivity contribution in [3.8, 4) is 5.75 Å².